The lowest BCUT2D eigenvalue weighted by molar-refractivity contribution is 0.0672. The van der Waals surface area contributed by atoms with E-state index < -0.39 is 18.2 Å². The second kappa shape index (κ2) is 10.7. The maximum atomic E-state index is 11.2. The van der Waals surface area contributed by atoms with Crippen molar-refractivity contribution in [3.63, 3.8) is 0 Å². The third-order valence-corrected chi connectivity index (χ3v) is 5.77. The van der Waals surface area contributed by atoms with E-state index >= 15 is 0 Å². The van der Waals surface area contributed by atoms with Crippen LogP contribution in [-0.2, 0) is 11.2 Å². The molecule has 4 N–H and O–H groups in total. The molecule has 2 aromatic rings. The van der Waals surface area contributed by atoms with E-state index in [1.807, 2.05) is 36.4 Å². The van der Waals surface area contributed by atoms with Crippen LogP contribution in [0.3, 0.4) is 0 Å². The van der Waals surface area contributed by atoms with Gasteiger partial charge >= 0.3 is 6.09 Å². The van der Waals surface area contributed by atoms with Crippen molar-refractivity contribution in [2.75, 3.05) is 13.2 Å². The molecule has 4 atom stereocenters. The standard InChI is InChI=1S/C23H27BrN2O4/c1-2-10-30-22-13-19(18-12-16(24)8-9-17(18)22)25-14-21(27)20(26-23(28)29)11-15-6-4-3-5-7-15/h2-9,12,19-22,25-27H,1,10-11,13-14H2,(H,28,29)/t19-,20-,21+,22+/m0/s1. The highest BCUT2D eigenvalue weighted by atomic mass is 79.9. The van der Waals surface area contributed by atoms with Crippen LogP contribution in [0.15, 0.2) is 65.7 Å². The number of nitrogens with one attached hydrogen (secondary N) is 2. The number of fused-ring (bicyclic) bond motifs is 1. The number of aliphatic hydroxyl groups is 1. The predicted octanol–water partition coefficient (Wildman–Crippen LogP) is 3.97. The molecule has 1 amide bonds. The van der Waals surface area contributed by atoms with Crippen LogP contribution >= 0.6 is 15.9 Å². The Morgan fingerprint density at radius 3 is 2.73 bits per heavy atom. The van der Waals surface area contributed by atoms with Crippen LogP contribution in [0.25, 0.3) is 0 Å². The first-order valence-corrected chi connectivity index (χ1v) is 10.7. The Labute approximate surface area is 185 Å². The molecule has 1 aliphatic carbocycles. The monoisotopic (exact) mass is 474 g/mol. The summed E-state index contributed by atoms with van der Waals surface area (Å²) < 4.78 is 6.89. The number of hydrogen-bond acceptors (Lipinski definition) is 4. The molecule has 2 aromatic carbocycles. The van der Waals surface area contributed by atoms with Gasteiger partial charge in [-0.05, 0) is 41.7 Å². The molecule has 0 heterocycles. The van der Waals surface area contributed by atoms with E-state index in [-0.39, 0.29) is 18.7 Å². The van der Waals surface area contributed by atoms with Gasteiger partial charge in [0.15, 0.2) is 0 Å². The average molecular weight is 475 g/mol. The fourth-order valence-corrected chi connectivity index (χ4v) is 4.24. The molecular formula is C23H27BrN2O4. The molecule has 0 bridgehead atoms. The Balaban J connectivity index is 1.67. The van der Waals surface area contributed by atoms with Crippen LogP contribution in [0.1, 0.15) is 35.3 Å². The summed E-state index contributed by atoms with van der Waals surface area (Å²) in [5.41, 5.74) is 3.20. The molecule has 6 nitrogen and oxygen atoms in total. The molecule has 0 spiro atoms. The van der Waals surface area contributed by atoms with Gasteiger partial charge in [0, 0.05) is 17.1 Å². The number of carboxylic acid groups (broad SMARTS) is 1. The Morgan fingerprint density at radius 2 is 2.03 bits per heavy atom. The first-order valence-electron chi connectivity index (χ1n) is 9.94. The number of ether oxygens (including phenoxy) is 1. The zero-order valence-corrected chi connectivity index (χ0v) is 18.2. The highest BCUT2D eigenvalue weighted by Gasteiger charge is 2.32. The third-order valence-electron chi connectivity index (χ3n) is 5.28. The van der Waals surface area contributed by atoms with Gasteiger partial charge in [0.2, 0.25) is 0 Å². The van der Waals surface area contributed by atoms with E-state index in [4.69, 9.17) is 4.74 Å². The molecule has 7 heteroatoms. The average Bonchev–Trinajstić information content (AvgIpc) is 3.07. The molecule has 160 valence electrons. The lowest BCUT2D eigenvalue weighted by Crippen LogP contribution is -2.48. The molecule has 30 heavy (non-hydrogen) atoms. The Bertz CT molecular complexity index is 862. The van der Waals surface area contributed by atoms with Crippen LogP contribution in [0.5, 0.6) is 0 Å². The number of rotatable bonds is 10. The van der Waals surface area contributed by atoms with Crippen LogP contribution in [0.2, 0.25) is 0 Å². The highest BCUT2D eigenvalue weighted by Crippen LogP contribution is 2.42. The molecule has 1 aliphatic rings. The maximum Gasteiger partial charge on any atom is 0.404 e. The summed E-state index contributed by atoms with van der Waals surface area (Å²) in [5, 5.41) is 25.8. The van der Waals surface area contributed by atoms with Gasteiger partial charge < -0.3 is 25.6 Å². The number of aliphatic hydroxyl groups excluding tert-OH is 1. The second-order valence-electron chi connectivity index (χ2n) is 7.39. The zero-order valence-electron chi connectivity index (χ0n) is 16.6. The van der Waals surface area contributed by atoms with E-state index in [1.165, 1.54) is 0 Å². The molecule has 0 unspecified atom stereocenters. The summed E-state index contributed by atoms with van der Waals surface area (Å²) in [5.74, 6) is 0. The van der Waals surface area contributed by atoms with Crippen molar-refractivity contribution in [3.8, 4) is 0 Å². The first kappa shape index (κ1) is 22.5. The molecule has 0 saturated carbocycles. The number of amides is 1. The summed E-state index contributed by atoms with van der Waals surface area (Å²) in [7, 11) is 0. The highest BCUT2D eigenvalue weighted by molar-refractivity contribution is 9.10. The Hall–Kier alpha value is -2.19. The number of carbonyl (C=O) groups is 1. The maximum absolute atomic E-state index is 11.2. The minimum Gasteiger partial charge on any atom is -0.465 e. The van der Waals surface area contributed by atoms with Gasteiger partial charge in [-0.1, -0.05) is 58.4 Å². The first-order chi connectivity index (χ1) is 14.5. The van der Waals surface area contributed by atoms with Crippen molar-refractivity contribution in [1.82, 2.24) is 10.6 Å². The largest absolute Gasteiger partial charge is 0.465 e. The molecular weight excluding hydrogens is 448 g/mol. The Kier molecular flexibility index (Phi) is 8.04. The van der Waals surface area contributed by atoms with Gasteiger partial charge in [-0.2, -0.15) is 0 Å². The van der Waals surface area contributed by atoms with Crippen molar-refractivity contribution in [2.45, 2.75) is 37.1 Å². The summed E-state index contributed by atoms with van der Waals surface area (Å²) in [6.07, 6.45) is 0.802. The molecule has 0 aromatic heterocycles. The van der Waals surface area contributed by atoms with Crippen molar-refractivity contribution in [2.24, 2.45) is 0 Å². The van der Waals surface area contributed by atoms with Crippen LogP contribution < -0.4 is 10.6 Å². The molecule has 0 aliphatic heterocycles. The van der Waals surface area contributed by atoms with Crippen molar-refractivity contribution < 1.29 is 19.7 Å². The minimum absolute atomic E-state index is 0.00386. The van der Waals surface area contributed by atoms with E-state index in [9.17, 15) is 15.0 Å². The van der Waals surface area contributed by atoms with Crippen molar-refractivity contribution in [1.29, 1.82) is 0 Å². The SMILES string of the molecule is C=CCO[C@@H]1C[C@H](NC[C@@H](O)[C@H](Cc2ccccc2)NC(=O)O)c2cc(Br)ccc21. The smallest absolute Gasteiger partial charge is 0.404 e. The molecule has 0 saturated heterocycles. The third kappa shape index (κ3) is 5.92. The lowest BCUT2D eigenvalue weighted by atomic mass is 10.0. The zero-order chi connectivity index (χ0) is 21.5. The van der Waals surface area contributed by atoms with E-state index in [2.05, 4.69) is 45.3 Å². The fraction of sp³-hybridized carbons (Fsp3) is 0.348. The van der Waals surface area contributed by atoms with E-state index in [0.717, 1.165) is 27.6 Å². The van der Waals surface area contributed by atoms with Crippen LogP contribution in [-0.4, -0.2) is 41.6 Å². The van der Waals surface area contributed by atoms with Crippen LogP contribution in [0.4, 0.5) is 4.79 Å². The molecule has 0 fully saturated rings. The Morgan fingerprint density at radius 1 is 1.27 bits per heavy atom. The van der Waals surface area contributed by atoms with Gasteiger partial charge in [0.25, 0.3) is 0 Å². The quantitative estimate of drug-likeness (QED) is 0.391. The number of halogens is 1. The topological polar surface area (TPSA) is 90.8 Å². The van der Waals surface area contributed by atoms with Gasteiger partial charge in [0.1, 0.15) is 0 Å². The lowest BCUT2D eigenvalue weighted by Gasteiger charge is -2.25. The fourth-order valence-electron chi connectivity index (χ4n) is 3.86. The summed E-state index contributed by atoms with van der Waals surface area (Å²) in [6.45, 7) is 4.43. The normalized spacial score (nSPS) is 19.7. The molecule has 3 rings (SSSR count). The summed E-state index contributed by atoms with van der Waals surface area (Å²) in [4.78, 5) is 11.2. The van der Waals surface area contributed by atoms with Gasteiger partial charge in [0.05, 0.1) is 24.9 Å². The van der Waals surface area contributed by atoms with Crippen molar-refractivity contribution >= 4 is 22.0 Å². The molecule has 0 radical (unpaired) electrons. The van der Waals surface area contributed by atoms with E-state index in [1.54, 1.807) is 6.08 Å². The van der Waals surface area contributed by atoms with Crippen LogP contribution in [0, 0.1) is 0 Å². The second-order valence-corrected chi connectivity index (χ2v) is 8.31. The summed E-state index contributed by atoms with van der Waals surface area (Å²) >= 11 is 3.52. The van der Waals surface area contributed by atoms with Crippen molar-refractivity contribution in [3.05, 3.63) is 82.3 Å². The summed E-state index contributed by atoms with van der Waals surface area (Å²) in [6, 6.07) is 15.0. The minimum atomic E-state index is -1.15. The van der Waals surface area contributed by atoms with Gasteiger partial charge in [-0.3, -0.25) is 0 Å². The number of hydrogen-bond donors (Lipinski definition) is 4. The van der Waals surface area contributed by atoms with Gasteiger partial charge in [-0.15, -0.1) is 6.58 Å². The number of benzene rings is 2. The van der Waals surface area contributed by atoms with E-state index in [0.29, 0.717) is 13.0 Å². The predicted molar refractivity (Wildman–Crippen MR) is 119 cm³/mol. The van der Waals surface area contributed by atoms with Gasteiger partial charge in [-0.25, -0.2) is 4.79 Å².